The van der Waals surface area contributed by atoms with E-state index in [1.165, 1.54) is 0 Å². The van der Waals surface area contributed by atoms with Gasteiger partial charge in [-0.1, -0.05) is 0 Å². The third kappa shape index (κ3) is 2.94. The molecule has 0 aliphatic heterocycles. The van der Waals surface area contributed by atoms with E-state index in [0.29, 0.717) is 6.92 Å². The largest absolute Gasteiger partial charge is 0.476 e. The van der Waals surface area contributed by atoms with Crippen molar-refractivity contribution in [3.05, 3.63) is 11.1 Å². The maximum Gasteiger partial charge on any atom is 0.355 e. The molecule has 1 aromatic rings. The van der Waals surface area contributed by atoms with Gasteiger partial charge < -0.3 is 5.11 Å². The average Bonchev–Trinajstić information content (AvgIpc) is 2.50. The Morgan fingerprint density at radius 1 is 1.60 bits per heavy atom. The normalized spacial score (nSPS) is 11.1. The quantitative estimate of drug-likeness (QED) is 0.832. The van der Waals surface area contributed by atoms with Crippen LogP contribution in [0.1, 0.15) is 17.4 Å². The lowest BCUT2D eigenvalue weighted by atomic mass is 10.4. The minimum Gasteiger partial charge on any atom is -0.476 e. The molecule has 82 valence electrons. The minimum atomic E-state index is -3.52. The van der Waals surface area contributed by atoms with Crippen LogP contribution in [-0.2, 0) is 4.79 Å². The molecule has 0 saturated heterocycles. The third-order valence-corrected chi connectivity index (χ3v) is 2.10. The topological polar surface area (TPSA) is 79.3 Å². The molecular weight excluding hydrogens is 230 g/mol. The first kappa shape index (κ1) is 11.5. The molecule has 2 N–H and O–H groups in total. The zero-order chi connectivity index (χ0) is 11.6. The second-order valence-electron chi connectivity index (χ2n) is 2.69. The van der Waals surface area contributed by atoms with Crippen LogP contribution in [-0.4, -0.2) is 27.9 Å². The Morgan fingerprint density at radius 3 is 2.60 bits per heavy atom. The maximum atomic E-state index is 12.4. The molecule has 1 heterocycles. The summed E-state index contributed by atoms with van der Waals surface area (Å²) in [5, 5.41) is 11.3. The van der Waals surface area contributed by atoms with Crippen LogP contribution in [0.5, 0.6) is 0 Å². The van der Waals surface area contributed by atoms with E-state index in [9.17, 15) is 18.4 Å². The number of carboxylic acid groups (broad SMARTS) is 1. The van der Waals surface area contributed by atoms with E-state index < -0.39 is 17.8 Å². The van der Waals surface area contributed by atoms with E-state index in [0.717, 1.165) is 16.7 Å². The van der Waals surface area contributed by atoms with Crippen LogP contribution in [0, 0.1) is 0 Å². The van der Waals surface area contributed by atoms with Crippen molar-refractivity contribution >= 4 is 28.3 Å². The van der Waals surface area contributed by atoms with Crippen LogP contribution >= 0.6 is 11.3 Å². The van der Waals surface area contributed by atoms with Crippen LogP contribution in [0.15, 0.2) is 5.38 Å². The number of nitrogens with zero attached hydrogens (tertiary/aromatic N) is 1. The van der Waals surface area contributed by atoms with Crippen LogP contribution in [0.3, 0.4) is 0 Å². The van der Waals surface area contributed by atoms with Crippen LogP contribution in [0.25, 0.3) is 0 Å². The highest BCUT2D eigenvalue weighted by atomic mass is 32.1. The molecule has 0 aromatic carbocycles. The van der Waals surface area contributed by atoms with Crippen molar-refractivity contribution in [1.82, 2.24) is 4.98 Å². The lowest BCUT2D eigenvalue weighted by molar-refractivity contribution is -0.137. The van der Waals surface area contributed by atoms with Crippen molar-refractivity contribution in [2.45, 2.75) is 12.8 Å². The van der Waals surface area contributed by atoms with E-state index in [2.05, 4.69) is 4.98 Å². The summed E-state index contributed by atoms with van der Waals surface area (Å²) >= 11 is 0.765. The summed E-state index contributed by atoms with van der Waals surface area (Å²) < 4.78 is 24.8. The zero-order valence-electron chi connectivity index (χ0n) is 7.45. The number of nitrogens with one attached hydrogen (secondary N) is 1. The fourth-order valence-electron chi connectivity index (χ4n) is 0.636. The molecule has 0 unspecified atom stereocenters. The highest BCUT2D eigenvalue weighted by molar-refractivity contribution is 7.14. The van der Waals surface area contributed by atoms with E-state index >= 15 is 0 Å². The van der Waals surface area contributed by atoms with Crippen molar-refractivity contribution < 1.29 is 23.5 Å². The summed E-state index contributed by atoms with van der Waals surface area (Å²) in [6.07, 6.45) is 0. The second-order valence-corrected chi connectivity index (χ2v) is 3.54. The number of carbonyl (C=O) groups excluding carboxylic acids is 1. The van der Waals surface area contributed by atoms with Gasteiger partial charge >= 0.3 is 11.9 Å². The number of carboxylic acids is 1. The monoisotopic (exact) mass is 236 g/mol. The van der Waals surface area contributed by atoms with Crippen molar-refractivity contribution in [3.63, 3.8) is 0 Å². The molecule has 0 fully saturated rings. The molecule has 0 saturated carbocycles. The number of rotatable bonds is 3. The smallest absolute Gasteiger partial charge is 0.355 e. The summed E-state index contributed by atoms with van der Waals surface area (Å²) in [5.74, 6) is -6.32. The summed E-state index contributed by atoms with van der Waals surface area (Å²) in [4.78, 5) is 24.6. The number of carbonyl (C=O) groups is 2. The van der Waals surface area contributed by atoms with Gasteiger partial charge in [0.15, 0.2) is 10.8 Å². The highest BCUT2D eigenvalue weighted by Gasteiger charge is 2.32. The van der Waals surface area contributed by atoms with E-state index in [4.69, 9.17) is 5.11 Å². The van der Waals surface area contributed by atoms with Gasteiger partial charge in [0.1, 0.15) is 0 Å². The highest BCUT2D eigenvalue weighted by Crippen LogP contribution is 2.19. The number of alkyl halides is 2. The zero-order valence-corrected chi connectivity index (χ0v) is 8.27. The Hall–Kier alpha value is -1.57. The van der Waals surface area contributed by atoms with E-state index in [-0.39, 0.29) is 10.8 Å². The van der Waals surface area contributed by atoms with E-state index in [1.54, 1.807) is 0 Å². The van der Waals surface area contributed by atoms with Crippen molar-refractivity contribution in [2.24, 2.45) is 0 Å². The SMILES string of the molecule is CC(F)(F)C(=O)Nc1nc(C(=O)O)cs1. The number of anilines is 1. The molecule has 8 heteroatoms. The molecule has 0 aliphatic carbocycles. The molecular formula is C7H6F2N2O3S. The Morgan fingerprint density at radius 2 is 2.20 bits per heavy atom. The van der Waals surface area contributed by atoms with Crippen molar-refractivity contribution in [3.8, 4) is 0 Å². The molecule has 1 aromatic heterocycles. The number of amides is 1. The Labute approximate surface area is 86.7 Å². The first-order chi connectivity index (χ1) is 6.80. The molecule has 1 rings (SSSR count). The predicted molar refractivity (Wildman–Crippen MR) is 48.3 cm³/mol. The molecule has 5 nitrogen and oxygen atoms in total. The van der Waals surface area contributed by atoms with Gasteiger partial charge in [0, 0.05) is 12.3 Å². The van der Waals surface area contributed by atoms with Crippen LogP contribution in [0.2, 0.25) is 0 Å². The predicted octanol–water partition coefficient (Wildman–Crippen LogP) is 1.44. The Bertz CT molecular complexity index is 399. The fraction of sp³-hybridized carbons (Fsp3) is 0.286. The van der Waals surface area contributed by atoms with Gasteiger partial charge in [-0.15, -0.1) is 11.3 Å². The van der Waals surface area contributed by atoms with Gasteiger partial charge in [-0.25, -0.2) is 9.78 Å². The molecule has 0 radical (unpaired) electrons. The van der Waals surface area contributed by atoms with Gasteiger partial charge in [0.05, 0.1) is 0 Å². The van der Waals surface area contributed by atoms with Gasteiger partial charge in [-0.05, 0) is 0 Å². The minimum absolute atomic E-state index is 0.168. The molecule has 1 amide bonds. The number of hydrogen-bond donors (Lipinski definition) is 2. The molecule has 0 spiro atoms. The lowest BCUT2D eigenvalue weighted by Gasteiger charge is -2.07. The average molecular weight is 236 g/mol. The van der Waals surface area contributed by atoms with Crippen molar-refractivity contribution in [1.29, 1.82) is 0 Å². The summed E-state index contributed by atoms with van der Waals surface area (Å²) in [6, 6.07) is 0. The third-order valence-electron chi connectivity index (χ3n) is 1.34. The van der Waals surface area contributed by atoms with Gasteiger partial charge in [0.25, 0.3) is 5.91 Å². The first-order valence-corrected chi connectivity index (χ1v) is 4.57. The fourth-order valence-corrected chi connectivity index (χ4v) is 1.32. The van der Waals surface area contributed by atoms with Gasteiger partial charge in [0.2, 0.25) is 0 Å². The standard InChI is InChI=1S/C7H6F2N2O3S/c1-7(8,9)5(14)11-6-10-3(2-15-6)4(12)13/h2H,1H3,(H,12,13)(H,10,11,14). The Kier molecular flexibility index (Phi) is 2.98. The number of hydrogen-bond acceptors (Lipinski definition) is 4. The maximum absolute atomic E-state index is 12.4. The number of halogens is 2. The Balaban J connectivity index is 2.74. The molecule has 0 bridgehead atoms. The first-order valence-electron chi connectivity index (χ1n) is 3.69. The number of aromatic nitrogens is 1. The molecule has 0 aliphatic rings. The number of thiazole rings is 1. The van der Waals surface area contributed by atoms with Crippen LogP contribution in [0.4, 0.5) is 13.9 Å². The summed E-state index contributed by atoms with van der Waals surface area (Å²) in [5.41, 5.74) is -0.297. The summed E-state index contributed by atoms with van der Waals surface area (Å²) in [7, 11) is 0. The summed E-state index contributed by atoms with van der Waals surface area (Å²) in [6.45, 7) is 0.439. The van der Waals surface area contributed by atoms with Crippen molar-refractivity contribution in [2.75, 3.05) is 5.32 Å². The molecule has 0 atom stereocenters. The number of aromatic carboxylic acids is 1. The lowest BCUT2D eigenvalue weighted by Crippen LogP contribution is -2.31. The van der Waals surface area contributed by atoms with E-state index in [1.807, 2.05) is 5.32 Å². The van der Waals surface area contributed by atoms with Gasteiger partial charge in [-0.3, -0.25) is 10.1 Å². The second kappa shape index (κ2) is 3.89. The molecule has 15 heavy (non-hydrogen) atoms. The van der Waals surface area contributed by atoms with Gasteiger partial charge in [-0.2, -0.15) is 8.78 Å². The van der Waals surface area contributed by atoms with Crippen LogP contribution < -0.4 is 5.32 Å².